The molecule has 1 aromatic rings. The molecular formula is C9H14FN3O2. The molecule has 2 unspecified atom stereocenters. The number of aromatic nitrogens is 1. The van der Waals surface area contributed by atoms with Crippen LogP contribution in [0.25, 0.3) is 0 Å². The number of nitrogen functional groups attached to an aromatic ring is 1. The third-order valence-electron chi connectivity index (χ3n) is 1.98. The van der Waals surface area contributed by atoms with E-state index in [1.54, 1.807) is 7.05 Å². The lowest BCUT2D eigenvalue weighted by Gasteiger charge is -2.18. The van der Waals surface area contributed by atoms with Crippen LogP contribution in [0.3, 0.4) is 0 Å². The van der Waals surface area contributed by atoms with Crippen molar-refractivity contribution in [1.82, 2.24) is 10.3 Å². The van der Waals surface area contributed by atoms with Crippen LogP contribution in [0.5, 0.6) is 0 Å². The van der Waals surface area contributed by atoms with Crippen molar-refractivity contribution in [2.45, 2.75) is 12.2 Å². The van der Waals surface area contributed by atoms with Gasteiger partial charge in [0.1, 0.15) is 6.10 Å². The van der Waals surface area contributed by atoms with Crippen LogP contribution < -0.4 is 11.1 Å². The summed E-state index contributed by atoms with van der Waals surface area (Å²) in [4.78, 5) is 3.45. The number of likely N-dealkylation sites (N-methyl/N-ethyl adjacent to an activating group) is 1. The lowest BCUT2D eigenvalue weighted by atomic mass is 10.1. The van der Waals surface area contributed by atoms with Crippen molar-refractivity contribution < 1.29 is 14.6 Å². The molecule has 0 aliphatic carbocycles. The highest BCUT2D eigenvalue weighted by Gasteiger charge is 2.21. The molecule has 1 aromatic heterocycles. The van der Waals surface area contributed by atoms with Crippen LogP contribution >= 0.6 is 0 Å². The van der Waals surface area contributed by atoms with E-state index in [1.807, 2.05) is 0 Å². The van der Waals surface area contributed by atoms with Crippen molar-refractivity contribution in [3.05, 3.63) is 23.8 Å². The second-order valence-electron chi connectivity index (χ2n) is 3.18. The van der Waals surface area contributed by atoms with Gasteiger partial charge in [-0.15, -0.1) is 0 Å². The molecule has 0 saturated carbocycles. The largest absolute Gasteiger partial charge is 0.397 e. The molecule has 1 heterocycles. The second-order valence-corrected chi connectivity index (χ2v) is 3.18. The maximum absolute atomic E-state index is 12.8. The molecule has 15 heavy (non-hydrogen) atoms. The van der Waals surface area contributed by atoms with Gasteiger partial charge in [0.05, 0.1) is 17.5 Å². The third kappa shape index (κ3) is 2.85. The predicted octanol–water partition coefficient (Wildman–Crippen LogP) is -0.583. The molecule has 84 valence electrons. The van der Waals surface area contributed by atoms with Gasteiger partial charge in [-0.05, 0) is 19.2 Å². The Hall–Kier alpha value is -1.24. The second kappa shape index (κ2) is 5.01. The Balaban J connectivity index is 2.89. The van der Waals surface area contributed by atoms with E-state index in [0.717, 1.165) is 6.07 Å². The van der Waals surface area contributed by atoms with Crippen LogP contribution in [-0.4, -0.2) is 34.9 Å². The fraction of sp³-hybridized carbons (Fsp3) is 0.444. The molecule has 0 spiro atoms. The summed E-state index contributed by atoms with van der Waals surface area (Å²) in [5.41, 5.74) is 5.61. The first-order valence-corrected chi connectivity index (χ1v) is 4.49. The Morgan fingerprint density at radius 3 is 2.80 bits per heavy atom. The minimum absolute atomic E-state index is 0.0437. The Morgan fingerprint density at radius 1 is 1.53 bits per heavy atom. The van der Waals surface area contributed by atoms with Gasteiger partial charge in [-0.1, -0.05) is 0 Å². The van der Waals surface area contributed by atoms with Crippen molar-refractivity contribution in [2.24, 2.45) is 0 Å². The maximum atomic E-state index is 12.8. The molecule has 0 fully saturated rings. The zero-order valence-corrected chi connectivity index (χ0v) is 8.31. The molecule has 0 aliphatic rings. The Kier molecular flexibility index (Phi) is 3.96. The molecule has 0 aliphatic heterocycles. The highest BCUT2D eigenvalue weighted by Crippen LogP contribution is 2.20. The molecule has 0 amide bonds. The lowest BCUT2D eigenvalue weighted by molar-refractivity contribution is 0.0177. The number of nitrogens with two attached hydrogens (primary N) is 1. The SMILES string of the molecule is CNCC(O)C(O)c1nc(F)ccc1N. The number of hydrogen-bond donors (Lipinski definition) is 4. The van der Waals surface area contributed by atoms with Gasteiger partial charge in [0.25, 0.3) is 0 Å². The fourth-order valence-electron chi connectivity index (χ4n) is 1.20. The predicted molar refractivity (Wildman–Crippen MR) is 53.5 cm³/mol. The maximum Gasteiger partial charge on any atom is 0.213 e. The number of halogens is 1. The summed E-state index contributed by atoms with van der Waals surface area (Å²) in [7, 11) is 1.62. The summed E-state index contributed by atoms with van der Waals surface area (Å²) >= 11 is 0. The average molecular weight is 215 g/mol. The molecule has 6 heteroatoms. The number of aliphatic hydroxyl groups is 2. The summed E-state index contributed by atoms with van der Waals surface area (Å²) in [6, 6.07) is 2.39. The van der Waals surface area contributed by atoms with Crippen molar-refractivity contribution >= 4 is 5.69 Å². The molecule has 2 atom stereocenters. The number of nitrogens with zero attached hydrogens (tertiary/aromatic N) is 1. The summed E-state index contributed by atoms with van der Waals surface area (Å²) in [6.45, 7) is 0.165. The van der Waals surface area contributed by atoms with Gasteiger partial charge in [-0.2, -0.15) is 4.39 Å². The van der Waals surface area contributed by atoms with Gasteiger partial charge in [0, 0.05) is 6.54 Å². The zero-order chi connectivity index (χ0) is 11.4. The number of anilines is 1. The standard InChI is InChI=1S/C9H14FN3O2/c1-12-4-6(14)9(15)8-5(11)2-3-7(10)13-8/h2-3,6,9,12,14-15H,4,11H2,1H3. The summed E-state index contributed by atoms with van der Waals surface area (Å²) < 4.78 is 12.8. The molecule has 0 saturated heterocycles. The monoisotopic (exact) mass is 215 g/mol. The van der Waals surface area contributed by atoms with E-state index < -0.39 is 18.2 Å². The zero-order valence-electron chi connectivity index (χ0n) is 8.31. The fourth-order valence-corrected chi connectivity index (χ4v) is 1.20. The Labute approximate surface area is 86.8 Å². The van der Waals surface area contributed by atoms with Gasteiger partial charge in [-0.3, -0.25) is 0 Å². The van der Waals surface area contributed by atoms with E-state index in [2.05, 4.69) is 10.3 Å². The van der Waals surface area contributed by atoms with E-state index in [4.69, 9.17) is 5.73 Å². The number of hydrogen-bond acceptors (Lipinski definition) is 5. The lowest BCUT2D eigenvalue weighted by Crippen LogP contribution is -2.30. The summed E-state index contributed by atoms with van der Waals surface area (Å²) in [5, 5.41) is 21.8. The average Bonchev–Trinajstić information content (AvgIpc) is 2.21. The molecule has 1 rings (SSSR count). The molecule has 0 bridgehead atoms. The van der Waals surface area contributed by atoms with E-state index in [1.165, 1.54) is 6.07 Å². The van der Waals surface area contributed by atoms with Crippen molar-refractivity contribution in [1.29, 1.82) is 0 Å². The van der Waals surface area contributed by atoms with Crippen LogP contribution in [0.1, 0.15) is 11.8 Å². The minimum atomic E-state index is -1.30. The van der Waals surface area contributed by atoms with Crippen LogP contribution in [0.4, 0.5) is 10.1 Å². The quantitative estimate of drug-likeness (QED) is 0.504. The molecular weight excluding hydrogens is 201 g/mol. The van der Waals surface area contributed by atoms with Crippen molar-refractivity contribution in [3.63, 3.8) is 0 Å². The van der Waals surface area contributed by atoms with Crippen LogP contribution in [-0.2, 0) is 0 Å². The van der Waals surface area contributed by atoms with Crippen molar-refractivity contribution in [3.8, 4) is 0 Å². The van der Waals surface area contributed by atoms with Gasteiger partial charge in [0.15, 0.2) is 0 Å². The number of nitrogens with one attached hydrogen (secondary N) is 1. The number of aliphatic hydroxyl groups excluding tert-OH is 2. The van der Waals surface area contributed by atoms with E-state index in [0.29, 0.717) is 0 Å². The van der Waals surface area contributed by atoms with Crippen LogP contribution in [0.15, 0.2) is 12.1 Å². The van der Waals surface area contributed by atoms with Gasteiger partial charge in [0.2, 0.25) is 5.95 Å². The number of rotatable bonds is 4. The normalized spacial score (nSPS) is 14.9. The van der Waals surface area contributed by atoms with E-state index in [-0.39, 0.29) is 17.9 Å². The molecule has 5 nitrogen and oxygen atoms in total. The Morgan fingerprint density at radius 2 is 2.20 bits per heavy atom. The highest BCUT2D eigenvalue weighted by atomic mass is 19.1. The Bertz CT molecular complexity index is 335. The number of pyridine rings is 1. The van der Waals surface area contributed by atoms with Crippen LogP contribution in [0.2, 0.25) is 0 Å². The molecule has 5 N–H and O–H groups in total. The van der Waals surface area contributed by atoms with E-state index >= 15 is 0 Å². The third-order valence-corrected chi connectivity index (χ3v) is 1.98. The molecule has 0 radical (unpaired) electrons. The highest BCUT2D eigenvalue weighted by molar-refractivity contribution is 5.43. The van der Waals surface area contributed by atoms with Gasteiger partial charge < -0.3 is 21.3 Å². The first-order chi connectivity index (χ1) is 7.06. The summed E-state index contributed by atoms with van der Waals surface area (Å²) in [6.07, 6.45) is -2.38. The van der Waals surface area contributed by atoms with Crippen LogP contribution in [0, 0.1) is 5.95 Å². The van der Waals surface area contributed by atoms with Gasteiger partial charge >= 0.3 is 0 Å². The van der Waals surface area contributed by atoms with Crippen molar-refractivity contribution in [2.75, 3.05) is 19.3 Å². The van der Waals surface area contributed by atoms with E-state index in [9.17, 15) is 14.6 Å². The minimum Gasteiger partial charge on any atom is -0.397 e. The first-order valence-electron chi connectivity index (χ1n) is 4.49. The first kappa shape index (κ1) is 11.8. The topological polar surface area (TPSA) is 91.4 Å². The van der Waals surface area contributed by atoms with Gasteiger partial charge in [-0.25, -0.2) is 4.98 Å². The molecule has 0 aromatic carbocycles. The summed E-state index contributed by atoms with van der Waals surface area (Å²) in [5.74, 6) is -0.741. The smallest absolute Gasteiger partial charge is 0.213 e.